The van der Waals surface area contributed by atoms with E-state index in [0.29, 0.717) is 31.2 Å². The Morgan fingerprint density at radius 1 is 1.20 bits per heavy atom. The Bertz CT molecular complexity index is 923. The monoisotopic (exact) mass is 428 g/mol. The van der Waals surface area contributed by atoms with Gasteiger partial charge in [0.1, 0.15) is 5.82 Å². The molecule has 0 unspecified atom stereocenters. The molecule has 2 aromatic rings. The lowest BCUT2D eigenvalue weighted by Crippen LogP contribution is -2.41. The van der Waals surface area contributed by atoms with Crippen LogP contribution in [0.2, 0.25) is 0 Å². The van der Waals surface area contributed by atoms with Crippen LogP contribution < -0.4 is 5.32 Å². The average Bonchev–Trinajstić information content (AvgIpc) is 3.02. The Morgan fingerprint density at radius 2 is 1.90 bits per heavy atom. The number of hydrogen-bond acceptors (Lipinski definition) is 3. The molecule has 0 radical (unpaired) electrons. The Hall–Kier alpha value is -2.58. The van der Waals surface area contributed by atoms with E-state index in [0.717, 1.165) is 23.1 Å². The molecule has 5 nitrogen and oxygen atoms in total. The van der Waals surface area contributed by atoms with Gasteiger partial charge in [0.2, 0.25) is 5.91 Å². The lowest BCUT2D eigenvalue weighted by molar-refractivity contribution is -0.191. The first kappa shape index (κ1) is 22.1. The maximum Gasteiger partial charge on any atom is 0.422 e. The molecular weight excluding hydrogens is 404 g/mol. The number of fused-ring (bicyclic) bond motifs is 1. The minimum Gasteiger partial charge on any atom is -0.456 e. The zero-order chi connectivity index (χ0) is 21.9. The number of para-hydroxylation sites is 1. The van der Waals surface area contributed by atoms with Crippen LogP contribution in [-0.2, 0) is 20.7 Å². The van der Waals surface area contributed by atoms with E-state index in [1.54, 1.807) is 12.1 Å². The number of alkyl halides is 3. The van der Waals surface area contributed by atoms with E-state index < -0.39 is 30.6 Å². The minimum absolute atomic E-state index is 0.268. The summed E-state index contributed by atoms with van der Waals surface area (Å²) in [6, 6.07) is 4.78. The lowest BCUT2D eigenvalue weighted by Gasteiger charge is -2.29. The smallest absolute Gasteiger partial charge is 0.422 e. The van der Waals surface area contributed by atoms with E-state index in [9.17, 15) is 27.2 Å². The van der Waals surface area contributed by atoms with Gasteiger partial charge >= 0.3 is 12.1 Å². The third-order valence-corrected chi connectivity index (χ3v) is 5.56. The summed E-state index contributed by atoms with van der Waals surface area (Å²) in [6.07, 6.45) is -2.00. The SMILES string of the molecule is Cc1[nH]c2c(F)cccc2c1CCNC(=O)[C@@H]1CCCC[C@@H]1C(=O)OCC(F)(F)F. The molecule has 0 spiro atoms. The predicted molar refractivity (Wildman–Crippen MR) is 102 cm³/mol. The van der Waals surface area contributed by atoms with Crippen molar-refractivity contribution < 1.29 is 31.9 Å². The molecule has 3 rings (SSSR count). The molecule has 1 aromatic heterocycles. The van der Waals surface area contributed by atoms with Gasteiger partial charge < -0.3 is 15.0 Å². The van der Waals surface area contributed by atoms with Crippen molar-refractivity contribution in [1.82, 2.24) is 10.3 Å². The van der Waals surface area contributed by atoms with Gasteiger partial charge in [-0.15, -0.1) is 0 Å². The fraction of sp³-hybridized carbons (Fsp3) is 0.524. The largest absolute Gasteiger partial charge is 0.456 e. The summed E-state index contributed by atoms with van der Waals surface area (Å²) in [5, 5.41) is 3.52. The minimum atomic E-state index is -4.60. The van der Waals surface area contributed by atoms with E-state index in [-0.39, 0.29) is 18.3 Å². The molecule has 2 atom stereocenters. The second-order valence-electron chi connectivity index (χ2n) is 7.65. The molecule has 2 N–H and O–H groups in total. The van der Waals surface area contributed by atoms with Gasteiger partial charge in [-0.1, -0.05) is 25.0 Å². The number of benzene rings is 1. The molecule has 1 fully saturated rings. The highest BCUT2D eigenvalue weighted by Gasteiger charge is 2.38. The van der Waals surface area contributed by atoms with Gasteiger partial charge in [0, 0.05) is 17.6 Å². The number of aromatic nitrogens is 1. The standard InChI is InChI=1S/C21H24F4N2O3/c1-12-13(14-7-4-8-17(22)18(14)27-12)9-10-26-19(28)15-5-2-3-6-16(15)20(29)30-11-21(23,24)25/h4,7-8,15-16,27H,2-3,5-6,9-11H2,1H3,(H,26,28)/t15-,16+/m1/s1. The van der Waals surface area contributed by atoms with E-state index in [1.807, 2.05) is 6.92 Å². The van der Waals surface area contributed by atoms with Gasteiger partial charge in [-0.2, -0.15) is 13.2 Å². The van der Waals surface area contributed by atoms with Crippen LogP contribution in [0.25, 0.3) is 10.9 Å². The summed E-state index contributed by atoms with van der Waals surface area (Å²) in [5.41, 5.74) is 2.10. The first-order valence-corrected chi connectivity index (χ1v) is 9.94. The highest BCUT2D eigenvalue weighted by atomic mass is 19.4. The number of carbonyl (C=O) groups is 2. The maximum atomic E-state index is 13.9. The van der Waals surface area contributed by atoms with Crippen molar-refractivity contribution in [3.63, 3.8) is 0 Å². The van der Waals surface area contributed by atoms with Gasteiger partial charge in [-0.05, 0) is 37.8 Å². The molecule has 164 valence electrons. The van der Waals surface area contributed by atoms with Gasteiger partial charge in [0.05, 0.1) is 17.4 Å². The van der Waals surface area contributed by atoms with Gasteiger partial charge in [0.15, 0.2) is 6.61 Å². The second kappa shape index (κ2) is 9.06. The summed E-state index contributed by atoms with van der Waals surface area (Å²) in [6.45, 7) is 0.446. The van der Waals surface area contributed by atoms with Crippen LogP contribution in [0.1, 0.15) is 36.9 Å². The first-order valence-electron chi connectivity index (χ1n) is 9.94. The van der Waals surface area contributed by atoms with E-state index >= 15 is 0 Å². The van der Waals surface area contributed by atoms with E-state index in [2.05, 4.69) is 15.0 Å². The number of hydrogen-bond donors (Lipinski definition) is 2. The summed E-state index contributed by atoms with van der Waals surface area (Å²) in [5.74, 6) is -3.28. The zero-order valence-electron chi connectivity index (χ0n) is 16.6. The van der Waals surface area contributed by atoms with Crippen LogP contribution in [-0.4, -0.2) is 36.2 Å². The number of halogens is 4. The number of esters is 1. The van der Waals surface area contributed by atoms with Crippen molar-refractivity contribution in [2.75, 3.05) is 13.2 Å². The van der Waals surface area contributed by atoms with Crippen LogP contribution in [0.5, 0.6) is 0 Å². The lowest BCUT2D eigenvalue weighted by atomic mass is 9.78. The molecule has 9 heteroatoms. The van der Waals surface area contributed by atoms with E-state index in [1.165, 1.54) is 6.07 Å². The maximum absolute atomic E-state index is 13.9. The number of ether oxygens (including phenoxy) is 1. The van der Waals surface area contributed by atoms with Gasteiger partial charge in [-0.3, -0.25) is 9.59 Å². The first-order chi connectivity index (χ1) is 14.2. The van der Waals surface area contributed by atoms with Gasteiger partial charge in [-0.25, -0.2) is 4.39 Å². The molecular formula is C21H24F4N2O3. The molecule has 0 saturated heterocycles. The molecule has 1 aromatic carbocycles. The topological polar surface area (TPSA) is 71.2 Å². The summed E-state index contributed by atoms with van der Waals surface area (Å²) >= 11 is 0. The fourth-order valence-corrected chi connectivity index (χ4v) is 4.12. The number of rotatable bonds is 6. The number of nitrogens with one attached hydrogen (secondary N) is 2. The number of aromatic amines is 1. The molecule has 0 aliphatic heterocycles. The van der Waals surface area contributed by atoms with Crippen LogP contribution >= 0.6 is 0 Å². The number of H-pyrrole nitrogens is 1. The van der Waals surface area contributed by atoms with Crippen molar-refractivity contribution in [3.05, 3.63) is 35.3 Å². The number of amides is 1. The van der Waals surface area contributed by atoms with Crippen LogP contribution in [0.3, 0.4) is 0 Å². The quantitative estimate of drug-likeness (QED) is 0.536. The summed E-state index contributed by atoms with van der Waals surface area (Å²) < 4.78 is 55.3. The summed E-state index contributed by atoms with van der Waals surface area (Å²) in [4.78, 5) is 27.7. The van der Waals surface area contributed by atoms with Crippen molar-refractivity contribution in [3.8, 4) is 0 Å². The van der Waals surface area contributed by atoms with Crippen molar-refractivity contribution in [2.45, 2.75) is 45.2 Å². The van der Waals surface area contributed by atoms with Crippen molar-refractivity contribution in [2.24, 2.45) is 11.8 Å². The Labute approximate surface area is 171 Å². The van der Waals surface area contributed by atoms with E-state index in [4.69, 9.17) is 0 Å². The highest BCUT2D eigenvalue weighted by molar-refractivity contribution is 5.86. The molecule has 0 bridgehead atoms. The molecule has 1 aliphatic rings. The number of aryl methyl sites for hydroxylation is 1. The van der Waals surface area contributed by atoms with Gasteiger partial charge in [0.25, 0.3) is 0 Å². The number of carbonyl (C=O) groups excluding carboxylic acids is 2. The zero-order valence-corrected chi connectivity index (χ0v) is 16.6. The van der Waals surface area contributed by atoms with Crippen molar-refractivity contribution >= 4 is 22.8 Å². The van der Waals surface area contributed by atoms with Crippen LogP contribution in [0.15, 0.2) is 18.2 Å². The molecule has 1 amide bonds. The van der Waals surface area contributed by atoms with Crippen LogP contribution in [0.4, 0.5) is 17.6 Å². The molecule has 1 heterocycles. The Balaban J connectivity index is 1.60. The molecule has 1 aliphatic carbocycles. The predicted octanol–water partition coefficient (Wildman–Crippen LogP) is 4.19. The average molecular weight is 428 g/mol. The third-order valence-electron chi connectivity index (χ3n) is 5.56. The Kier molecular flexibility index (Phi) is 6.67. The van der Waals surface area contributed by atoms with Crippen LogP contribution in [0, 0.1) is 24.6 Å². The van der Waals surface area contributed by atoms with Crippen molar-refractivity contribution in [1.29, 1.82) is 0 Å². The Morgan fingerprint density at radius 3 is 2.60 bits per heavy atom. The highest BCUT2D eigenvalue weighted by Crippen LogP contribution is 2.32. The normalized spacial score (nSPS) is 19.6. The molecule has 1 saturated carbocycles. The second-order valence-corrected chi connectivity index (χ2v) is 7.65. The molecule has 30 heavy (non-hydrogen) atoms. The third kappa shape index (κ3) is 5.12. The summed E-state index contributed by atoms with van der Waals surface area (Å²) in [7, 11) is 0. The fourth-order valence-electron chi connectivity index (χ4n) is 4.12.